The first-order chi connectivity index (χ1) is 7.70. The molecule has 0 radical (unpaired) electrons. The number of hydrogen-bond acceptors (Lipinski definition) is 3. The molecule has 5 heteroatoms. The number of halogens is 1. The van der Waals surface area contributed by atoms with Gasteiger partial charge in [0.25, 0.3) is 0 Å². The molecule has 0 N–H and O–H groups in total. The van der Waals surface area contributed by atoms with Gasteiger partial charge in [0.05, 0.1) is 5.02 Å². The largest absolute Gasteiger partial charge is 0.329 e. The van der Waals surface area contributed by atoms with Crippen molar-refractivity contribution < 1.29 is 4.79 Å². The number of rotatable bonds is 3. The molecular weight excluding hydrogens is 244 g/mol. The Morgan fingerprint density at radius 3 is 2.88 bits per heavy atom. The van der Waals surface area contributed by atoms with Crippen LogP contribution in [0.5, 0.6) is 0 Å². The molecule has 1 aromatic carbocycles. The van der Waals surface area contributed by atoms with E-state index in [9.17, 15) is 4.79 Å². The van der Waals surface area contributed by atoms with E-state index in [1.165, 1.54) is 11.8 Å². The molecule has 0 aliphatic carbocycles. The van der Waals surface area contributed by atoms with Crippen molar-refractivity contribution in [2.24, 2.45) is 7.05 Å². The molecule has 3 nitrogen and oxygen atoms in total. The Labute approximate surface area is 102 Å². The van der Waals surface area contributed by atoms with Crippen LogP contribution >= 0.6 is 23.4 Å². The molecule has 0 bridgehead atoms. The maximum atomic E-state index is 10.6. The molecule has 0 atom stereocenters. The van der Waals surface area contributed by atoms with Crippen LogP contribution in [-0.4, -0.2) is 15.8 Å². The second kappa shape index (κ2) is 4.72. The van der Waals surface area contributed by atoms with Gasteiger partial charge >= 0.3 is 0 Å². The third kappa shape index (κ3) is 2.28. The maximum absolute atomic E-state index is 10.6. The highest BCUT2D eigenvalue weighted by Gasteiger charge is 2.05. The Morgan fingerprint density at radius 2 is 2.31 bits per heavy atom. The van der Waals surface area contributed by atoms with Gasteiger partial charge in [0.1, 0.15) is 0 Å². The average Bonchev–Trinajstić information content (AvgIpc) is 2.65. The average molecular weight is 253 g/mol. The lowest BCUT2D eigenvalue weighted by Crippen LogP contribution is -1.89. The van der Waals surface area contributed by atoms with Gasteiger partial charge < -0.3 is 4.57 Å². The van der Waals surface area contributed by atoms with E-state index in [1.807, 2.05) is 23.9 Å². The van der Waals surface area contributed by atoms with Crippen LogP contribution in [0.15, 0.2) is 40.6 Å². The standard InChI is InChI=1S/C11H9ClN2OS/c1-14-5-4-13-11(14)16-9-3-2-8(7-15)10(12)6-9/h2-7H,1H3. The van der Waals surface area contributed by atoms with Crippen LogP contribution in [0.1, 0.15) is 10.4 Å². The minimum Gasteiger partial charge on any atom is -0.329 e. The van der Waals surface area contributed by atoms with Gasteiger partial charge in [-0.25, -0.2) is 4.98 Å². The normalized spacial score (nSPS) is 10.4. The molecule has 2 rings (SSSR count). The molecule has 0 aliphatic rings. The summed E-state index contributed by atoms with van der Waals surface area (Å²) >= 11 is 7.44. The lowest BCUT2D eigenvalue weighted by atomic mass is 10.2. The van der Waals surface area contributed by atoms with Gasteiger partial charge in [-0.2, -0.15) is 0 Å². The molecule has 82 valence electrons. The van der Waals surface area contributed by atoms with Gasteiger partial charge in [0.2, 0.25) is 0 Å². The smallest absolute Gasteiger partial charge is 0.172 e. The minimum atomic E-state index is 0.467. The summed E-state index contributed by atoms with van der Waals surface area (Å²) in [5.74, 6) is 0. The molecule has 0 saturated carbocycles. The van der Waals surface area contributed by atoms with Gasteiger partial charge in [0, 0.05) is 29.9 Å². The van der Waals surface area contributed by atoms with Crippen LogP contribution in [0.2, 0.25) is 5.02 Å². The van der Waals surface area contributed by atoms with Crippen molar-refractivity contribution in [1.82, 2.24) is 9.55 Å². The number of carbonyl (C=O) groups excluding carboxylic acids is 1. The fraction of sp³-hybridized carbons (Fsp3) is 0.0909. The zero-order valence-corrected chi connectivity index (χ0v) is 10.1. The molecule has 1 aromatic heterocycles. The van der Waals surface area contributed by atoms with Gasteiger partial charge in [-0.1, -0.05) is 23.4 Å². The number of aldehydes is 1. The molecule has 2 aromatic rings. The zero-order valence-electron chi connectivity index (χ0n) is 8.55. The first-order valence-corrected chi connectivity index (χ1v) is 5.80. The lowest BCUT2D eigenvalue weighted by molar-refractivity contribution is 0.112. The number of aromatic nitrogens is 2. The summed E-state index contributed by atoms with van der Waals surface area (Å²) < 4.78 is 1.92. The molecule has 16 heavy (non-hydrogen) atoms. The predicted molar refractivity (Wildman–Crippen MR) is 64.2 cm³/mol. The SMILES string of the molecule is Cn1ccnc1Sc1ccc(C=O)c(Cl)c1. The minimum absolute atomic E-state index is 0.467. The number of carbonyl (C=O) groups is 1. The fourth-order valence-electron chi connectivity index (χ4n) is 1.22. The van der Waals surface area contributed by atoms with E-state index >= 15 is 0 Å². The van der Waals surface area contributed by atoms with E-state index in [0.29, 0.717) is 10.6 Å². The van der Waals surface area contributed by atoms with Crippen molar-refractivity contribution in [3.63, 3.8) is 0 Å². The van der Waals surface area contributed by atoms with Gasteiger partial charge in [-0.05, 0) is 18.2 Å². The van der Waals surface area contributed by atoms with E-state index in [-0.39, 0.29) is 0 Å². The highest BCUT2D eigenvalue weighted by molar-refractivity contribution is 7.99. The predicted octanol–water partition coefficient (Wildman–Crippen LogP) is 3.04. The van der Waals surface area contributed by atoms with E-state index in [2.05, 4.69) is 4.98 Å². The second-order valence-electron chi connectivity index (χ2n) is 3.22. The number of hydrogen-bond donors (Lipinski definition) is 0. The van der Waals surface area contributed by atoms with Crippen LogP contribution in [0.3, 0.4) is 0 Å². The Morgan fingerprint density at radius 1 is 1.50 bits per heavy atom. The molecule has 0 aliphatic heterocycles. The molecular formula is C11H9ClN2OS. The Bertz CT molecular complexity index is 524. The molecule has 0 saturated heterocycles. The summed E-state index contributed by atoms with van der Waals surface area (Å²) in [5.41, 5.74) is 0.505. The highest BCUT2D eigenvalue weighted by atomic mass is 35.5. The molecule has 1 heterocycles. The summed E-state index contributed by atoms with van der Waals surface area (Å²) in [6.07, 6.45) is 4.37. The van der Waals surface area contributed by atoms with Crippen LogP contribution < -0.4 is 0 Å². The van der Waals surface area contributed by atoms with Crippen molar-refractivity contribution in [1.29, 1.82) is 0 Å². The topological polar surface area (TPSA) is 34.9 Å². The van der Waals surface area contributed by atoms with Gasteiger partial charge in [0.15, 0.2) is 11.4 Å². The summed E-state index contributed by atoms with van der Waals surface area (Å²) in [6, 6.07) is 5.33. The number of aryl methyl sites for hydroxylation is 1. The van der Waals surface area contributed by atoms with Crippen LogP contribution in [0, 0.1) is 0 Å². The Hall–Kier alpha value is -1.26. The van der Waals surface area contributed by atoms with Gasteiger partial charge in [-0.15, -0.1) is 0 Å². The number of nitrogens with zero attached hydrogens (tertiary/aromatic N) is 2. The zero-order chi connectivity index (χ0) is 11.5. The van der Waals surface area contributed by atoms with Crippen molar-refractivity contribution >= 4 is 29.6 Å². The summed E-state index contributed by atoms with van der Waals surface area (Å²) in [7, 11) is 1.93. The highest BCUT2D eigenvalue weighted by Crippen LogP contribution is 2.28. The molecule has 0 spiro atoms. The van der Waals surface area contributed by atoms with E-state index in [4.69, 9.17) is 11.6 Å². The van der Waals surface area contributed by atoms with Crippen LogP contribution in [0.4, 0.5) is 0 Å². The second-order valence-corrected chi connectivity index (χ2v) is 4.67. The van der Waals surface area contributed by atoms with E-state index in [1.54, 1.807) is 18.3 Å². The van der Waals surface area contributed by atoms with E-state index in [0.717, 1.165) is 16.3 Å². The van der Waals surface area contributed by atoms with Crippen molar-refractivity contribution in [3.05, 3.63) is 41.2 Å². The van der Waals surface area contributed by atoms with Crippen LogP contribution in [-0.2, 0) is 7.05 Å². The van der Waals surface area contributed by atoms with Crippen molar-refractivity contribution in [3.8, 4) is 0 Å². The molecule has 0 fully saturated rings. The number of benzene rings is 1. The van der Waals surface area contributed by atoms with Crippen molar-refractivity contribution in [2.75, 3.05) is 0 Å². The Balaban J connectivity index is 2.26. The first-order valence-electron chi connectivity index (χ1n) is 4.60. The Kier molecular flexibility index (Phi) is 3.31. The van der Waals surface area contributed by atoms with Crippen LogP contribution in [0.25, 0.3) is 0 Å². The first kappa shape index (κ1) is 11.2. The molecule has 0 unspecified atom stereocenters. The lowest BCUT2D eigenvalue weighted by Gasteiger charge is -2.03. The molecule has 0 amide bonds. The maximum Gasteiger partial charge on any atom is 0.172 e. The summed E-state index contributed by atoms with van der Waals surface area (Å²) in [6.45, 7) is 0. The van der Waals surface area contributed by atoms with E-state index < -0.39 is 0 Å². The monoisotopic (exact) mass is 252 g/mol. The summed E-state index contributed by atoms with van der Waals surface area (Å²) in [5, 5.41) is 1.35. The fourth-order valence-corrected chi connectivity index (χ4v) is 2.35. The third-order valence-electron chi connectivity index (χ3n) is 2.08. The summed E-state index contributed by atoms with van der Waals surface area (Å²) in [4.78, 5) is 15.8. The quantitative estimate of drug-likeness (QED) is 0.788. The number of imidazole rings is 1. The third-order valence-corrected chi connectivity index (χ3v) is 3.48. The van der Waals surface area contributed by atoms with Crippen molar-refractivity contribution in [2.45, 2.75) is 10.1 Å². The van der Waals surface area contributed by atoms with Gasteiger partial charge in [-0.3, -0.25) is 4.79 Å².